The number of aromatic hydroxyl groups is 1. The fourth-order valence-electron chi connectivity index (χ4n) is 3.40. The zero-order valence-electron chi connectivity index (χ0n) is 13.6. The van der Waals surface area contributed by atoms with E-state index in [1.807, 2.05) is 12.1 Å². The number of aromatic nitrogens is 1. The van der Waals surface area contributed by atoms with Gasteiger partial charge in [0, 0.05) is 17.0 Å². The van der Waals surface area contributed by atoms with Crippen LogP contribution >= 0.6 is 23.2 Å². The molecule has 0 bridgehead atoms. The van der Waals surface area contributed by atoms with Crippen molar-refractivity contribution in [3.05, 3.63) is 67.9 Å². The number of para-hydroxylation sites is 1. The van der Waals surface area contributed by atoms with E-state index in [1.54, 1.807) is 22.8 Å². The minimum Gasteiger partial charge on any atom is -0.506 e. The van der Waals surface area contributed by atoms with Gasteiger partial charge in [-0.2, -0.15) is 0 Å². The Hall–Kier alpha value is -2.50. The molecule has 4 rings (SSSR count). The molecule has 0 spiro atoms. The summed E-state index contributed by atoms with van der Waals surface area (Å²) in [7, 11) is 0. The van der Waals surface area contributed by atoms with Crippen LogP contribution in [0.2, 0.25) is 10.0 Å². The number of rotatable bonds is 2. The third-order valence-electron chi connectivity index (χ3n) is 4.57. The molecule has 0 unspecified atom stereocenters. The van der Waals surface area contributed by atoms with E-state index in [0.717, 1.165) is 18.4 Å². The molecule has 132 valence electrons. The molecule has 7 heteroatoms. The van der Waals surface area contributed by atoms with Gasteiger partial charge in [0.25, 0.3) is 11.5 Å². The molecule has 26 heavy (non-hydrogen) atoms. The van der Waals surface area contributed by atoms with E-state index in [0.29, 0.717) is 22.5 Å². The lowest BCUT2D eigenvalue weighted by atomic mass is 9.99. The smallest absolute Gasteiger partial charge is 0.267 e. The Morgan fingerprint density at radius 1 is 1.19 bits per heavy atom. The van der Waals surface area contributed by atoms with Gasteiger partial charge >= 0.3 is 0 Å². The number of halogens is 2. The first kappa shape index (κ1) is 16.9. The highest BCUT2D eigenvalue weighted by atomic mass is 35.5. The first-order valence-electron chi connectivity index (χ1n) is 8.11. The second-order valence-corrected chi connectivity index (χ2v) is 7.02. The number of benzene rings is 2. The monoisotopic (exact) mass is 388 g/mol. The van der Waals surface area contributed by atoms with Crippen molar-refractivity contribution in [1.29, 1.82) is 0 Å². The third-order valence-corrected chi connectivity index (χ3v) is 5.14. The summed E-state index contributed by atoms with van der Waals surface area (Å²) < 4.78 is 1.56. The lowest BCUT2D eigenvalue weighted by Crippen LogP contribution is -2.31. The fourth-order valence-corrected chi connectivity index (χ4v) is 3.74. The van der Waals surface area contributed by atoms with Crippen molar-refractivity contribution < 1.29 is 9.90 Å². The van der Waals surface area contributed by atoms with Crippen LogP contribution in [-0.2, 0) is 13.0 Å². The SMILES string of the molecule is O=C(Nc1cc(Cl)ccc1Cl)c1c(O)c2cccc3c2n(c1=O)CCC3. The van der Waals surface area contributed by atoms with Gasteiger partial charge < -0.3 is 15.0 Å². The molecule has 2 heterocycles. The lowest BCUT2D eigenvalue weighted by Gasteiger charge is -2.21. The minimum atomic E-state index is -0.724. The number of hydrogen-bond acceptors (Lipinski definition) is 3. The standard InChI is InChI=1S/C19H14Cl2N2O3/c20-11-6-7-13(21)14(9-11)22-18(25)15-17(24)12-5-1-3-10-4-2-8-23(16(10)12)19(15)26/h1,3,5-7,9,24H,2,4,8H2,(H,22,25). The van der Waals surface area contributed by atoms with Crippen LogP contribution in [0.3, 0.4) is 0 Å². The Labute approximate surface area is 158 Å². The first-order valence-corrected chi connectivity index (χ1v) is 8.86. The molecule has 3 aromatic rings. The van der Waals surface area contributed by atoms with Gasteiger partial charge in [-0.1, -0.05) is 35.3 Å². The van der Waals surface area contributed by atoms with E-state index in [2.05, 4.69) is 5.32 Å². The van der Waals surface area contributed by atoms with Crippen LogP contribution in [0.25, 0.3) is 10.9 Å². The minimum absolute atomic E-state index is 0.274. The highest BCUT2D eigenvalue weighted by molar-refractivity contribution is 6.36. The zero-order chi connectivity index (χ0) is 18.4. The van der Waals surface area contributed by atoms with Crippen molar-refractivity contribution >= 4 is 45.7 Å². The van der Waals surface area contributed by atoms with Gasteiger partial charge in [0.2, 0.25) is 0 Å². The van der Waals surface area contributed by atoms with Gasteiger partial charge in [-0.25, -0.2) is 0 Å². The van der Waals surface area contributed by atoms with E-state index in [-0.39, 0.29) is 22.0 Å². The van der Waals surface area contributed by atoms with Crippen LogP contribution in [0.15, 0.2) is 41.2 Å². The normalized spacial score (nSPS) is 13.0. The first-order chi connectivity index (χ1) is 12.5. The Kier molecular flexibility index (Phi) is 4.13. The molecule has 1 aliphatic heterocycles. The van der Waals surface area contributed by atoms with Crippen molar-refractivity contribution in [3.8, 4) is 5.75 Å². The highest BCUT2D eigenvalue weighted by Gasteiger charge is 2.25. The second-order valence-electron chi connectivity index (χ2n) is 6.18. The average molecular weight is 389 g/mol. The number of carbonyl (C=O) groups excluding carboxylic acids is 1. The van der Waals surface area contributed by atoms with Crippen molar-refractivity contribution in [2.75, 3.05) is 5.32 Å². The Morgan fingerprint density at radius 2 is 2.00 bits per heavy atom. The maximum atomic E-state index is 12.9. The molecular weight excluding hydrogens is 375 g/mol. The molecule has 1 aromatic heterocycles. The van der Waals surface area contributed by atoms with Gasteiger partial charge in [-0.15, -0.1) is 0 Å². The number of carbonyl (C=O) groups is 1. The molecule has 0 fully saturated rings. The summed E-state index contributed by atoms with van der Waals surface area (Å²) in [6, 6.07) is 10.1. The van der Waals surface area contributed by atoms with E-state index < -0.39 is 11.5 Å². The number of nitrogens with one attached hydrogen (secondary N) is 1. The molecule has 0 aliphatic carbocycles. The molecule has 2 N–H and O–H groups in total. The van der Waals surface area contributed by atoms with E-state index in [1.165, 1.54) is 6.07 Å². The number of hydrogen-bond donors (Lipinski definition) is 2. The molecular formula is C19H14Cl2N2O3. The van der Waals surface area contributed by atoms with E-state index in [4.69, 9.17) is 23.2 Å². The summed E-state index contributed by atoms with van der Waals surface area (Å²) >= 11 is 12.0. The predicted octanol–water partition coefficient (Wildman–Crippen LogP) is 4.21. The van der Waals surface area contributed by atoms with Crippen LogP contribution in [0, 0.1) is 0 Å². The molecule has 5 nitrogen and oxygen atoms in total. The van der Waals surface area contributed by atoms with Gasteiger partial charge in [0.05, 0.1) is 16.2 Å². The van der Waals surface area contributed by atoms with Gasteiger partial charge in [-0.05, 0) is 42.7 Å². The molecule has 0 saturated heterocycles. The highest BCUT2D eigenvalue weighted by Crippen LogP contribution is 2.32. The van der Waals surface area contributed by atoms with Gasteiger partial charge in [0.15, 0.2) is 0 Å². The van der Waals surface area contributed by atoms with E-state index in [9.17, 15) is 14.7 Å². The van der Waals surface area contributed by atoms with Crippen LogP contribution in [0.4, 0.5) is 5.69 Å². The Bertz CT molecular complexity index is 1120. The quantitative estimate of drug-likeness (QED) is 0.690. The van der Waals surface area contributed by atoms with Gasteiger partial charge in [0.1, 0.15) is 11.3 Å². The van der Waals surface area contributed by atoms with Crippen LogP contribution in [0.1, 0.15) is 22.3 Å². The number of aryl methyl sites for hydroxylation is 2. The summed E-state index contributed by atoms with van der Waals surface area (Å²) in [6.45, 7) is 0.505. The summed E-state index contributed by atoms with van der Waals surface area (Å²) in [6.07, 6.45) is 1.64. The average Bonchev–Trinajstić information content (AvgIpc) is 2.62. The predicted molar refractivity (Wildman–Crippen MR) is 103 cm³/mol. The Morgan fingerprint density at radius 3 is 2.81 bits per heavy atom. The number of pyridine rings is 1. The van der Waals surface area contributed by atoms with Crippen molar-refractivity contribution in [2.24, 2.45) is 0 Å². The summed E-state index contributed by atoms with van der Waals surface area (Å²) in [4.78, 5) is 25.6. The summed E-state index contributed by atoms with van der Waals surface area (Å²) in [5.41, 5.74) is 1.14. The number of nitrogens with zero attached hydrogens (tertiary/aromatic N) is 1. The lowest BCUT2D eigenvalue weighted by molar-refractivity contribution is 0.102. The largest absolute Gasteiger partial charge is 0.506 e. The molecule has 1 aliphatic rings. The number of anilines is 1. The van der Waals surface area contributed by atoms with Crippen molar-refractivity contribution in [3.63, 3.8) is 0 Å². The summed E-state index contributed by atoms with van der Waals surface area (Å²) in [5.74, 6) is -1.04. The fraction of sp³-hybridized carbons (Fsp3) is 0.158. The van der Waals surface area contributed by atoms with Crippen molar-refractivity contribution in [2.45, 2.75) is 19.4 Å². The molecule has 0 saturated carbocycles. The van der Waals surface area contributed by atoms with Crippen LogP contribution < -0.4 is 10.9 Å². The number of amides is 1. The second kappa shape index (κ2) is 6.34. The molecule has 1 amide bonds. The van der Waals surface area contributed by atoms with Gasteiger partial charge in [-0.3, -0.25) is 9.59 Å². The maximum absolute atomic E-state index is 12.9. The summed E-state index contributed by atoms with van der Waals surface area (Å²) in [5, 5.41) is 14.4. The topological polar surface area (TPSA) is 71.3 Å². The maximum Gasteiger partial charge on any atom is 0.267 e. The van der Waals surface area contributed by atoms with Crippen molar-refractivity contribution in [1.82, 2.24) is 4.57 Å². The zero-order valence-corrected chi connectivity index (χ0v) is 15.1. The third kappa shape index (κ3) is 2.64. The van der Waals surface area contributed by atoms with E-state index >= 15 is 0 Å². The molecule has 2 aromatic carbocycles. The van der Waals surface area contributed by atoms with Crippen LogP contribution in [0.5, 0.6) is 5.75 Å². The molecule has 0 radical (unpaired) electrons. The van der Waals surface area contributed by atoms with Crippen LogP contribution in [-0.4, -0.2) is 15.6 Å². The molecule has 0 atom stereocenters. The Balaban J connectivity index is 1.88.